The van der Waals surface area contributed by atoms with Crippen molar-refractivity contribution in [2.24, 2.45) is 0 Å². The van der Waals surface area contributed by atoms with Crippen molar-refractivity contribution in [3.63, 3.8) is 0 Å². The van der Waals surface area contributed by atoms with Gasteiger partial charge in [-0.15, -0.1) is 0 Å². The molecular weight excluding hydrogens is 344 g/mol. The molecule has 0 amide bonds. The van der Waals surface area contributed by atoms with Crippen LogP contribution in [-0.2, 0) is 6.54 Å². The van der Waals surface area contributed by atoms with Gasteiger partial charge in [0.15, 0.2) is 0 Å². The van der Waals surface area contributed by atoms with Crippen LogP contribution in [0, 0.1) is 10.1 Å². The summed E-state index contributed by atoms with van der Waals surface area (Å²) in [6.07, 6.45) is 3.51. The Labute approximate surface area is 128 Å². The van der Waals surface area contributed by atoms with E-state index in [9.17, 15) is 10.1 Å². The van der Waals surface area contributed by atoms with Gasteiger partial charge in [0.05, 0.1) is 0 Å². The molecule has 0 fully saturated rings. The molecule has 0 saturated heterocycles. The second-order valence-corrected chi connectivity index (χ2v) is 5.40. The molecule has 0 N–H and O–H groups in total. The zero-order valence-electron chi connectivity index (χ0n) is 10.8. The van der Waals surface area contributed by atoms with Crippen LogP contribution < -0.4 is 9.47 Å². The van der Waals surface area contributed by atoms with Gasteiger partial charge < -0.3 is 19.6 Å². The van der Waals surface area contributed by atoms with Gasteiger partial charge in [-0.3, -0.25) is 4.57 Å². The smallest absolute Gasteiger partial charge is 0.414 e. The Bertz CT molecular complexity index is 658. The molecule has 2 aromatic rings. The molecule has 0 saturated carbocycles. The fourth-order valence-corrected chi connectivity index (χ4v) is 2.20. The molecule has 1 aliphatic rings. The predicted molar refractivity (Wildman–Crippen MR) is 75.3 cm³/mol. The molecule has 0 radical (unpaired) electrons. The summed E-state index contributed by atoms with van der Waals surface area (Å²) in [6.45, 7) is 0.924. The quantitative estimate of drug-likeness (QED) is 0.617. The van der Waals surface area contributed by atoms with E-state index in [1.165, 1.54) is 6.20 Å². The molecular formula is C12H11BrN4O4. The average molecular weight is 355 g/mol. The van der Waals surface area contributed by atoms with Crippen molar-refractivity contribution in [2.75, 3.05) is 6.61 Å². The van der Waals surface area contributed by atoms with Crippen LogP contribution in [-0.4, -0.2) is 32.2 Å². The summed E-state index contributed by atoms with van der Waals surface area (Å²) < 4.78 is 13.6. The van der Waals surface area contributed by atoms with Crippen LogP contribution in [0.25, 0.3) is 0 Å². The van der Waals surface area contributed by atoms with E-state index in [0.717, 1.165) is 4.47 Å². The summed E-state index contributed by atoms with van der Waals surface area (Å²) in [5, 5.41) is 10.7. The maximum Gasteiger partial charge on any atom is 0.414 e. The molecule has 3 heterocycles. The molecule has 1 unspecified atom stereocenters. The number of imidazole rings is 1. The van der Waals surface area contributed by atoms with Crippen molar-refractivity contribution in [1.29, 1.82) is 0 Å². The zero-order chi connectivity index (χ0) is 14.8. The molecule has 110 valence electrons. The molecule has 9 heteroatoms. The highest BCUT2D eigenvalue weighted by Gasteiger charge is 2.28. The van der Waals surface area contributed by atoms with Gasteiger partial charge in [0.2, 0.25) is 5.88 Å². The number of ether oxygens (including phenoxy) is 2. The highest BCUT2D eigenvalue weighted by molar-refractivity contribution is 9.10. The minimum atomic E-state index is -0.536. The van der Waals surface area contributed by atoms with Crippen LogP contribution in [0.3, 0.4) is 0 Å². The highest BCUT2D eigenvalue weighted by atomic mass is 79.9. The lowest BCUT2D eigenvalue weighted by Gasteiger charge is -2.21. The van der Waals surface area contributed by atoms with Gasteiger partial charge in [0.1, 0.15) is 18.9 Å². The van der Waals surface area contributed by atoms with Gasteiger partial charge in [-0.2, -0.15) is 0 Å². The third-order valence-electron chi connectivity index (χ3n) is 3.00. The summed E-state index contributed by atoms with van der Waals surface area (Å²) >= 11 is 3.30. The summed E-state index contributed by atoms with van der Waals surface area (Å²) in [4.78, 5) is 18.1. The van der Waals surface area contributed by atoms with Gasteiger partial charge in [0.25, 0.3) is 0 Å². The van der Waals surface area contributed by atoms with Gasteiger partial charge in [0, 0.05) is 34.7 Å². The Hall–Kier alpha value is -2.16. The first-order valence-corrected chi connectivity index (χ1v) is 7.03. The third-order valence-corrected chi connectivity index (χ3v) is 3.46. The first-order valence-electron chi connectivity index (χ1n) is 6.24. The number of fused-ring (bicyclic) bond motifs is 1. The largest absolute Gasteiger partial charge is 0.474 e. The fraction of sp³-hybridized carbons (Fsp3) is 0.333. The molecule has 0 aliphatic carbocycles. The highest BCUT2D eigenvalue weighted by Crippen LogP contribution is 2.24. The Morgan fingerprint density at radius 2 is 2.43 bits per heavy atom. The lowest BCUT2D eigenvalue weighted by Crippen LogP contribution is -2.31. The van der Waals surface area contributed by atoms with Crippen molar-refractivity contribution in [3.05, 3.63) is 39.1 Å². The molecule has 2 aromatic heterocycles. The summed E-state index contributed by atoms with van der Waals surface area (Å²) in [5.74, 6) is 0.294. The van der Waals surface area contributed by atoms with E-state index < -0.39 is 4.92 Å². The Morgan fingerprint density at radius 1 is 1.57 bits per heavy atom. The van der Waals surface area contributed by atoms with E-state index in [2.05, 4.69) is 25.9 Å². The Kier molecular flexibility index (Phi) is 3.74. The zero-order valence-corrected chi connectivity index (χ0v) is 12.4. The third kappa shape index (κ3) is 3.13. The lowest BCUT2D eigenvalue weighted by molar-refractivity contribution is -0.389. The summed E-state index contributed by atoms with van der Waals surface area (Å²) in [6, 6.07) is 3.84. The van der Waals surface area contributed by atoms with Crippen LogP contribution in [0.2, 0.25) is 0 Å². The molecule has 0 spiro atoms. The van der Waals surface area contributed by atoms with Gasteiger partial charge in [-0.1, -0.05) is 0 Å². The van der Waals surface area contributed by atoms with Gasteiger partial charge in [-0.25, -0.2) is 4.98 Å². The van der Waals surface area contributed by atoms with E-state index in [1.54, 1.807) is 16.8 Å². The molecule has 3 rings (SSSR count). The number of hydrogen-bond acceptors (Lipinski definition) is 6. The normalized spacial score (nSPS) is 16.9. The van der Waals surface area contributed by atoms with E-state index in [0.29, 0.717) is 25.5 Å². The minimum absolute atomic E-state index is 0.204. The first-order chi connectivity index (χ1) is 10.1. The summed E-state index contributed by atoms with van der Waals surface area (Å²) in [5.41, 5.74) is 0. The Balaban J connectivity index is 1.61. The number of hydrogen-bond donors (Lipinski definition) is 0. The maximum atomic E-state index is 10.7. The van der Waals surface area contributed by atoms with Crippen molar-refractivity contribution >= 4 is 21.7 Å². The minimum Gasteiger partial charge on any atom is -0.474 e. The van der Waals surface area contributed by atoms with Gasteiger partial charge >= 0.3 is 11.8 Å². The molecule has 0 bridgehead atoms. The van der Waals surface area contributed by atoms with E-state index >= 15 is 0 Å². The van der Waals surface area contributed by atoms with Crippen LogP contribution in [0.5, 0.6) is 11.9 Å². The van der Waals surface area contributed by atoms with Crippen LogP contribution in [0.1, 0.15) is 6.42 Å². The average Bonchev–Trinajstić information content (AvgIpc) is 2.90. The number of rotatable bonds is 4. The van der Waals surface area contributed by atoms with Crippen molar-refractivity contribution < 1.29 is 14.4 Å². The number of nitrogens with zero attached hydrogens (tertiary/aromatic N) is 4. The van der Waals surface area contributed by atoms with Crippen LogP contribution >= 0.6 is 15.9 Å². The SMILES string of the molecule is O=[N+]([O-])c1cn2c(n1)OC(COc1ccc(Br)cn1)CC2. The van der Waals surface area contributed by atoms with E-state index in [-0.39, 0.29) is 17.9 Å². The predicted octanol–water partition coefficient (Wildman–Crippen LogP) is 2.18. The van der Waals surface area contributed by atoms with Crippen molar-refractivity contribution in [3.8, 4) is 11.9 Å². The second kappa shape index (κ2) is 5.68. The van der Waals surface area contributed by atoms with Crippen LogP contribution in [0.4, 0.5) is 5.82 Å². The summed E-state index contributed by atoms with van der Waals surface area (Å²) in [7, 11) is 0. The van der Waals surface area contributed by atoms with Crippen molar-refractivity contribution in [2.45, 2.75) is 19.1 Å². The number of aryl methyl sites for hydroxylation is 1. The number of aromatic nitrogens is 3. The lowest BCUT2D eigenvalue weighted by atomic mass is 10.2. The van der Waals surface area contributed by atoms with Crippen LogP contribution in [0.15, 0.2) is 29.0 Å². The van der Waals surface area contributed by atoms with Gasteiger partial charge in [-0.05, 0) is 26.9 Å². The van der Waals surface area contributed by atoms with E-state index in [1.807, 2.05) is 6.07 Å². The molecule has 8 nitrogen and oxygen atoms in total. The molecule has 1 atom stereocenters. The monoisotopic (exact) mass is 354 g/mol. The molecule has 21 heavy (non-hydrogen) atoms. The van der Waals surface area contributed by atoms with E-state index in [4.69, 9.17) is 9.47 Å². The fourth-order valence-electron chi connectivity index (χ4n) is 1.96. The number of halogens is 1. The molecule has 0 aromatic carbocycles. The standard InChI is InChI=1S/C12H11BrN4O4/c13-8-1-2-11(14-5-8)20-7-9-3-4-16-6-10(17(18)19)15-12(16)21-9/h1-2,5-6,9H,3-4,7H2. The maximum absolute atomic E-state index is 10.7. The first kappa shape index (κ1) is 13.8. The second-order valence-electron chi connectivity index (χ2n) is 4.49. The number of pyridine rings is 1. The molecule has 1 aliphatic heterocycles. The Morgan fingerprint density at radius 3 is 3.14 bits per heavy atom. The van der Waals surface area contributed by atoms with Crippen molar-refractivity contribution in [1.82, 2.24) is 14.5 Å². The number of nitro groups is 1. The topological polar surface area (TPSA) is 92.3 Å².